The molecular weight excluding hydrogens is 298 g/mol. The maximum Gasteiger partial charge on any atom is 0.321 e. The molecule has 1 aliphatic rings. The molecule has 3 N–H and O–H groups in total. The molecule has 8 heteroatoms. The van der Waals surface area contributed by atoms with Crippen molar-refractivity contribution in [3.63, 3.8) is 0 Å². The van der Waals surface area contributed by atoms with E-state index in [9.17, 15) is 14.4 Å². The summed E-state index contributed by atoms with van der Waals surface area (Å²) in [6, 6.07) is -0.310. The van der Waals surface area contributed by atoms with Crippen LogP contribution >= 0.6 is 12.4 Å². The number of likely N-dealkylation sites (N-methyl/N-ethyl adjacent to an activating group) is 1. The summed E-state index contributed by atoms with van der Waals surface area (Å²) in [5.74, 6) is -1.33. The Morgan fingerprint density at radius 3 is 2.38 bits per heavy atom. The number of halogens is 1. The van der Waals surface area contributed by atoms with Gasteiger partial charge in [-0.25, -0.2) is 4.79 Å². The maximum atomic E-state index is 11.6. The first kappa shape index (κ1) is 19.7. The number of nitrogens with zero attached hydrogens (tertiary/aromatic N) is 1. The van der Waals surface area contributed by atoms with Crippen LogP contribution in [0.4, 0.5) is 4.79 Å². The van der Waals surface area contributed by atoms with Crippen LogP contribution in [-0.4, -0.2) is 54.1 Å². The molecule has 0 aliphatic heterocycles. The Balaban J connectivity index is 0.00000400. The molecule has 0 spiro atoms. The van der Waals surface area contributed by atoms with Gasteiger partial charge in [0.15, 0.2) is 0 Å². The maximum absolute atomic E-state index is 11.6. The van der Waals surface area contributed by atoms with Crippen molar-refractivity contribution in [2.24, 2.45) is 0 Å². The summed E-state index contributed by atoms with van der Waals surface area (Å²) in [6.07, 6.45) is 5.30. The number of imide groups is 1. The molecule has 3 amide bonds. The predicted octanol–water partition coefficient (Wildman–Crippen LogP) is 0.973. The Morgan fingerprint density at radius 1 is 1.19 bits per heavy atom. The SMILES string of the molecule is CN(CCC(=O)O)CC(=O)NC(=O)NC1CCCCC1.Cl. The third-order valence-electron chi connectivity index (χ3n) is 3.31. The van der Waals surface area contributed by atoms with Crippen molar-refractivity contribution in [2.45, 2.75) is 44.6 Å². The monoisotopic (exact) mass is 321 g/mol. The molecule has 122 valence electrons. The molecule has 1 aliphatic carbocycles. The Bertz CT molecular complexity index is 359. The number of aliphatic carboxylic acids is 1. The molecule has 7 nitrogen and oxygen atoms in total. The number of carbonyl (C=O) groups excluding carboxylic acids is 2. The molecule has 1 rings (SSSR count). The van der Waals surface area contributed by atoms with Crippen LogP contribution in [0.1, 0.15) is 38.5 Å². The lowest BCUT2D eigenvalue weighted by Gasteiger charge is -2.23. The van der Waals surface area contributed by atoms with Crippen LogP contribution in [0.25, 0.3) is 0 Å². The Hall–Kier alpha value is -1.34. The highest BCUT2D eigenvalue weighted by molar-refractivity contribution is 5.95. The zero-order valence-electron chi connectivity index (χ0n) is 12.3. The van der Waals surface area contributed by atoms with Crippen molar-refractivity contribution in [1.82, 2.24) is 15.5 Å². The van der Waals surface area contributed by atoms with E-state index < -0.39 is 17.9 Å². The van der Waals surface area contributed by atoms with Gasteiger partial charge in [-0.15, -0.1) is 12.4 Å². The van der Waals surface area contributed by atoms with Crippen molar-refractivity contribution >= 4 is 30.3 Å². The lowest BCUT2D eigenvalue weighted by molar-refractivity contribution is -0.137. The fourth-order valence-corrected chi connectivity index (χ4v) is 2.25. The van der Waals surface area contributed by atoms with Crippen LogP contribution in [0, 0.1) is 0 Å². The number of hydrogen-bond donors (Lipinski definition) is 3. The second kappa shape index (κ2) is 10.4. The van der Waals surface area contributed by atoms with Gasteiger partial charge in [-0.05, 0) is 19.9 Å². The topological polar surface area (TPSA) is 98.7 Å². The van der Waals surface area contributed by atoms with E-state index in [-0.39, 0.29) is 38.0 Å². The van der Waals surface area contributed by atoms with Gasteiger partial charge in [0.05, 0.1) is 13.0 Å². The fraction of sp³-hybridized carbons (Fsp3) is 0.769. The minimum atomic E-state index is -0.910. The van der Waals surface area contributed by atoms with Crippen molar-refractivity contribution < 1.29 is 19.5 Å². The second-order valence-electron chi connectivity index (χ2n) is 5.24. The van der Waals surface area contributed by atoms with E-state index in [1.54, 1.807) is 11.9 Å². The predicted molar refractivity (Wildman–Crippen MR) is 80.5 cm³/mol. The Morgan fingerprint density at radius 2 is 1.81 bits per heavy atom. The number of carbonyl (C=O) groups is 3. The first-order valence-electron chi connectivity index (χ1n) is 6.98. The van der Waals surface area contributed by atoms with Crippen molar-refractivity contribution in [2.75, 3.05) is 20.1 Å². The smallest absolute Gasteiger partial charge is 0.321 e. The van der Waals surface area contributed by atoms with E-state index in [0.717, 1.165) is 25.7 Å². The second-order valence-corrected chi connectivity index (χ2v) is 5.24. The molecule has 0 aromatic heterocycles. The van der Waals surface area contributed by atoms with Crippen LogP contribution in [0.15, 0.2) is 0 Å². The minimum absolute atomic E-state index is 0. The Labute approximate surface area is 130 Å². The molecule has 0 saturated heterocycles. The van der Waals surface area contributed by atoms with Crippen LogP contribution in [0.5, 0.6) is 0 Å². The van der Waals surface area contributed by atoms with E-state index in [2.05, 4.69) is 10.6 Å². The number of rotatable bonds is 6. The molecule has 0 unspecified atom stereocenters. The lowest BCUT2D eigenvalue weighted by Crippen LogP contribution is -2.47. The third kappa shape index (κ3) is 9.25. The summed E-state index contributed by atoms with van der Waals surface area (Å²) < 4.78 is 0. The lowest BCUT2D eigenvalue weighted by atomic mass is 9.96. The van der Waals surface area contributed by atoms with Crippen LogP contribution in [0.2, 0.25) is 0 Å². The van der Waals surface area contributed by atoms with E-state index in [0.29, 0.717) is 0 Å². The third-order valence-corrected chi connectivity index (χ3v) is 3.31. The van der Waals surface area contributed by atoms with E-state index in [4.69, 9.17) is 5.11 Å². The first-order valence-corrected chi connectivity index (χ1v) is 6.98. The number of nitrogens with one attached hydrogen (secondary N) is 2. The zero-order valence-corrected chi connectivity index (χ0v) is 13.1. The quantitative estimate of drug-likeness (QED) is 0.677. The van der Waals surface area contributed by atoms with Gasteiger partial charge in [-0.3, -0.25) is 19.8 Å². The van der Waals surface area contributed by atoms with Crippen LogP contribution < -0.4 is 10.6 Å². The molecular formula is C13H24ClN3O4. The number of carboxylic acid groups (broad SMARTS) is 1. The minimum Gasteiger partial charge on any atom is -0.481 e. The molecule has 0 aromatic rings. The molecule has 0 atom stereocenters. The summed E-state index contributed by atoms with van der Waals surface area (Å²) in [5.41, 5.74) is 0. The van der Waals surface area contributed by atoms with Gasteiger partial charge < -0.3 is 10.4 Å². The standard InChI is InChI=1S/C13H23N3O4.ClH/c1-16(8-7-12(18)19)9-11(17)15-13(20)14-10-5-3-2-4-6-10;/h10H,2-9H2,1H3,(H,18,19)(H2,14,15,17,20);1H. The van der Waals surface area contributed by atoms with Crippen molar-refractivity contribution in [3.8, 4) is 0 Å². The molecule has 0 heterocycles. The van der Waals surface area contributed by atoms with Gasteiger partial charge >= 0.3 is 12.0 Å². The molecule has 0 aromatic carbocycles. The summed E-state index contributed by atoms with van der Waals surface area (Å²) in [4.78, 5) is 35.2. The van der Waals surface area contributed by atoms with E-state index in [1.165, 1.54) is 6.42 Å². The summed E-state index contributed by atoms with van der Waals surface area (Å²) in [5, 5.41) is 13.6. The summed E-state index contributed by atoms with van der Waals surface area (Å²) in [6.45, 7) is 0.276. The number of carboxylic acids is 1. The number of urea groups is 1. The van der Waals surface area contributed by atoms with Crippen LogP contribution in [0.3, 0.4) is 0 Å². The van der Waals surface area contributed by atoms with E-state index >= 15 is 0 Å². The summed E-state index contributed by atoms with van der Waals surface area (Å²) in [7, 11) is 1.64. The van der Waals surface area contributed by atoms with Gasteiger partial charge in [0.1, 0.15) is 0 Å². The molecule has 21 heavy (non-hydrogen) atoms. The van der Waals surface area contributed by atoms with Crippen molar-refractivity contribution in [1.29, 1.82) is 0 Å². The molecule has 0 radical (unpaired) electrons. The largest absolute Gasteiger partial charge is 0.481 e. The van der Waals surface area contributed by atoms with Gasteiger partial charge in [-0.2, -0.15) is 0 Å². The van der Waals surface area contributed by atoms with Gasteiger partial charge in [0.25, 0.3) is 0 Å². The molecule has 1 fully saturated rings. The number of amides is 3. The normalized spacial score (nSPS) is 15.1. The zero-order chi connectivity index (χ0) is 15.0. The van der Waals surface area contributed by atoms with Crippen molar-refractivity contribution in [3.05, 3.63) is 0 Å². The summed E-state index contributed by atoms with van der Waals surface area (Å²) >= 11 is 0. The molecule has 0 bridgehead atoms. The van der Waals surface area contributed by atoms with Crippen LogP contribution in [-0.2, 0) is 9.59 Å². The number of hydrogen-bond acceptors (Lipinski definition) is 4. The first-order chi connectivity index (χ1) is 9.47. The van der Waals surface area contributed by atoms with E-state index in [1.807, 2.05) is 0 Å². The highest BCUT2D eigenvalue weighted by Crippen LogP contribution is 2.17. The van der Waals surface area contributed by atoms with Gasteiger partial charge in [-0.1, -0.05) is 19.3 Å². The van der Waals surface area contributed by atoms with Gasteiger partial charge in [0.2, 0.25) is 5.91 Å². The Kier molecular flexibility index (Phi) is 9.73. The average Bonchev–Trinajstić information content (AvgIpc) is 2.37. The average molecular weight is 322 g/mol. The highest BCUT2D eigenvalue weighted by Gasteiger charge is 2.17. The highest BCUT2D eigenvalue weighted by atomic mass is 35.5. The molecule has 1 saturated carbocycles. The fourth-order valence-electron chi connectivity index (χ4n) is 2.25. The van der Waals surface area contributed by atoms with Gasteiger partial charge in [0, 0.05) is 12.6 Å².